The van der Waals surface area contributed by atoms with Crippen LogP contribution < -0.4 is 23.8 Å². The van der Waals surface area contributed by atoms with Gasteiger partial charge >= 0.3 is 15.6 Å². The molecule has 0 fully saturated rings. The van der Waals surface area contributed by atoms with Gasteiger partial charge in [-0.1, -0.05) is 53.1 Å². The van der Waals surface area contributed by atoms with Gasteiger partial charge in [-0.05, 0) is 58.5 Å². The molecule has 1 aromatic rings. The van der Waals surface area contributed by atoms with Crippen LogP contribution in [0, 0.1) is 0 Å². The molecular formula is C21H42N4O7P2. The van der Waals surface area contributed by atoms with Crippen molar-refractivity contribution in [1.29, 1.82) is 0 Å². The first-order valence-electron chi connectivity index (χ1n) is 12.1. The average Bonchev–Trinajstić information content (AvgIpc) is 2.74. The molecule has 1 atom stereocenters. The maximum atomic E-state index is 11.4. The first kappa shape index (κ1) is 27.0. The Bertz CT molecular complexity index is 1100. The van der Waals surface area contributed by atoms with E-state index in [1.165, 1.54) is 6.08 Å². The molecule has 13 N–H and O–H groups in total. The molecular weight excluding hydrogens is 482 g/mol. The number of para-hydroxylation sites is 1. The number of hydrogen-bond acceptors (Lipinski definition) is 8. The Morgan fingerprint density at radius 1 is 0.912 bits per heavy atom. The first-order chi connectivity index (χ1) is 16.5. The second kappa shape index (κ2) is 18.7. The topological polar surface area (TPSA) is 230 Å². The van der Waals surface area contributed by atoms with Crippen molar-refractivity contribution < 1.29 is 39.5 Å². The zero-order valence-electron chi connectivity index (χ0n) is 25.0. The van der Waals surface area contributed by atoms with E-state index >= 15 is 0 Å². The van der Waals surface area contributed by atoms with Crippen LogP contribution >= 0.6 is 15.6 Å². The van der Waals surface area contributed by atoms with Crippen LogP contribution in [0.25, 0.3) is 0 Å². The first-order valence-corrected chi connectivity index (χ1v) is 12.6. The van der Waals surface area contributed by atoms with E-state index in [0.29, 0.717) is 13.0 Å². The van der Waals surface area contributed by atoms with Crippen molar-refractivity contribution in [2.45, 2.75) is 46.5 Å². The molecule has 0 radical (unpaired) electrons. The average molecular weight is 530 g/mol. The Morgan fingerprint density at radius 2 is 1.41 bits per heavy atom. The van der Waals surface area contributed by atoms with Crippen LogP contribution in [0.1, 0.15) is 53.3 Å². The highest BCUT2D eigenvalue weighted by atomic mass is 31.3. The SMILES string of the molecule is N.N.N.[2H]c1c([2H])c([2H])c(NC/C(C)=C/CC/C(C)=C/CC/C(C)=C/COP(=O)(O)OP(=O)(O)O)c([2H])c1[2H]. The van der Waals surface area contributed by atoms with Crippen molar-refractivity contribution in [2.24, 2.45) is 0 Å². The maximum Gasteiger partial charge on any atom is 0.481 e. The number of benzene rings is 1. The Balaban J connectivity index is -0.00000432. The van der Waals surface area contributed by atoms with Crippen molar-refractivity contribution >= 4 is 21.3 Å². The Kier molecular flexibility index (Phi) is 14.8. The smallest absolute Gasteiger partial charge is 0.381 e. The van der Waals surface area contributed by atoms with Gasteiger partial charge in [-0.3, -0.25) is 4.52 Å². The molecule has 0 spiro atoms. The molecule has 0 amide bonds. The molecule has 1 unspecified atom stereocenters. The van der Waals surface area contributed by atoms with E-state index in [9.17, 15) is 14.0 Å². The molecule has 1 rings (SSSR count). The molecule has 13 heteroatoms. The number of phosphoric acid groups is 2. The lowest BCUT2D eigenvalue weighted by Crippen LogP contribution is -2.02. The van der Waals surface area contributed by atoms with Gasteiger partial charge in [0.25, 0.3) is 0 Å². The van der Waals surface area contributed by atoms with Crippen LogP contribution in [0.4, 0.5) is 5.69 Å². The molecule has 198 valence electrons. The second-order valence-corrected chi connectivity index (χ2v) is 9.75. The van der Waals surface area contributed by atoms with E-state index in [4.69, 9.17) is 16.6 Å². The van der Waals surface area contributed by atoms with Crippen LogP contribution in [0.5, 0.6) is 0 Å². The standard InChI is InChI=1S/C21H33NO7P2.3H3N/c1-18(10-8-12-20(3)17-22-21-13-5-4-6-14-21)9-7-11-19(2)15-16-28-31(26,27)29-30(23,24)25;;;/h4-6,9,12-15,22H,7-8,10-11,16-17H2,1-3H3,(H,26,27)(H2,23,24,25);3*1H3/b18-9+,19-15+,20-12+;;;/i4D,5D,6D,13D,14D;;;. The molecule has 1 aromatic carbocycles. The number of phosphoric ester groups is 1. The maximum absolute atomic E-state index is 11.4. The monoisotopic (exact) mass is 529 g/mol. The third kappa shape index (κ3) is 19.8. The molecule has 0 heterocycles. The number of rotatable bonds is 14. The molecule has 0 saturated heterocycles. The van der Waals surface area contributed by atoms with Gasteiger partial charge in [0.2, 0.25) is 0 Å². The predicted octanol–water partition coefficient (Wildman–Crippen LogP) is 6.21. The van der Waals surface area contributed by atoms with E-state index in [-0.39, 0.29) is 54.9 Å². The van der Waals surface area contributed by atoms with E-state index < -0.39 is 21.7 Å². The van der Waals surface area contributed by atoms with E-state index in [1.807, 2.05) is 19.9 Å². The Hall–Kier alpha value is -1.62. The third-order valence-corrected chi connectivity index (χ3v) is 6.14. The van der Waals surface area contributed by atoms with Gasteiger partial charge < -0.3 is 38.4 Å². The Morgan fingerprint density at radius 3 is 1.94 bits per heavy atom. The fraction of sp³-hybridized carbons (Fsp3) is 0.429. The number of anilines is 1. The summed E-state index contributed by atoms with van der Waals surface area (Å²) >= 11 is 0. The summed E-state index contributed by atoms with van der Waals surface area (Å²) in [4.78, 5) is 26.3. The van der Waals surface area contributed by atoms with Crippen molar-refractivity contribution in [3.05, 3.63) is 65.2 Å². The van der Waals surface area contributed by atoms with Gasteiger partial charge in [-0.2, -0.15) is 4.31 Å². The summed E-state index contributed by atoms with van der Waals surface area (Å²) in [5, 5.41) is 2.93. The molecule has 34 heavy (non-hydrogen) atoms. The Labute approximate surface area is 210 Å². The van der Waals surface area contributed by atoms with Gasteiger partial charge in [0.15, 0.2) is 0 Å². The minimum absolute atomic E-state index is 0. The van der Waals surface area contributed by atoms with Crippen LogP contribution in [-0.2, 0) is 18.0 Å². The summed E-state index contributed by atoms with van der Waals surface area (Å²) in [7, 11) is -9.97. The van der Waals surface area contributed by atoms with Crippen LogP contribution in [0.15, 0.2) is 65.2 Å². The highest BCUT2D eigenvalue weighted by Gasteiger charge is 2.31. The minimum Gasteiger partial charge on any atom is -0.381 e. The molecule has 0 aromatic heterocycles. The largest absolute Gasteiger partial charge is 0.481 e. The quantitative estimate of drug-likeness (QED) is 0.106. The fourth-order valence-electron chi connectivity index (χ4n) is 2.37. The van der Waals surface area contributed by atoms with Crippen molar-refractivity contribution in [1.82, 2.24) is 18.5 Å². The molecule has 0 aliphatic heterocycles. The van der Waals surface area contributed by atoms with Crippen molar-refractivity contribution in [2.75, 3.05) is 18.5 Å². The lowest BCUT2D eigenvalue weighted by Gasteiger charge is -2.11. The van der Waals surface area contributed by atoms with Gasteiger partial charge in [0.05, 0.1) is 13.5 Å². The molecule has 0 aliphatic carbocycles. The summed E-state index contributed by atoms with van der Waals surface area (Å²) in [6.07, 6.45) is 8.59. The van der Waals surface area contributed by atoms with Crippen LogP contribution in [-0.4, -0.2) is 27.8 Å². The normalized spacial score (nSPS) is 16.3. The molecule has 11 nitrogen and oxygen atoms in total. The zero-order chi connectivity index (χ0) is 27.7. The van der Waals surface area contributed by atoms with Crippen LogP contribution in [0.2, 0.25) is 0 Å². The molecule has 0 saturated carbocycles. The summed E-state index contributed by atoms with van der Waals surface area (Å²) in [5.41, 5.74) is 3.08. The minimum atomic E-state index is -5.13. The van der Waals surface area contributed by atoms with Gasteiger partial charge in [0, 0.05) is 12.2 Å². The van der Waals surface area contributed by atoms with E-state index in [1.54, 1.807) is 6.92 Å². The van der Waals surface area contributed by atoms with E-state index in [0.717, 1.165) is 36.0 Å². The number of nitrogens with one attached hydrogen (secondary N) is 1. The number of hydrogen-bond donors (Lipinski definition) is 7. The third-order valence-electron chi connectivity index (χ3n) is 3.99. The second-order valence-electron chi connectivity index (χ2n) is 6.92. The lowest BCUT2D eigenvalue weighted by molar-refractivity contribution is 0.191. The summed E-state index contributed by atoms with van der Waals surface area (Å²) in [6.45, 7) is 5.71. The summed E-state index contributed by atoms with van der Waals surface area (Å²) in [5.74, 6) is 0. The summed E-state index contributed by atoms with van der Waals surface area (Å²) < 4.78 is 69.1. The van der Waals surface area contributed by atoms with E-state index in [2.05, 4.69) is 20.2 Å². The molecule has 0 aliphatic rings. The molecule has 0 bridgehead atoms. The van der Waals surface area contributed by atoms with Crippen molar-refractivity contribution in [3.63, 3.8) is 0 Å². The van der Waals surface area contributed by atoms with Crippen LogP contribution in [0.3, 0.4) is 0 Å². The predicted molar refractivity (Wildman–Crippen MR) is 139 cm³/mol. The highest BCUT2D eigenvalue weighted by Crippen LogP contribution is 2.57. The van der Waals surface area contributed by atoms with Gasteiger partial charge in [0.1, 0.15) is 0 Å². The zero-order valence-corrected chi connectivity index (χ0v) is 21.8. The highest BCUT2D eigenvalue weighted by molar-refractivity contribution is 7.60. The van der Waals surface area contributed by atoms with Gasteiger partial charge in [-0.25, -0.2) is 9.13 Å². The van der Waals surface area contributed by atoms with Gasteiger partial charge in [-0.15, -0.1) is 0 Å². The lowest BCUT2D eigenvalue weighted by atomic mass is 10.1. The summed E-state index contributed by atoms with van der Waals surface area (Å²) in [6, 6.07) is -1.69. The van der Waals surface area contributed by atoms with Crippen molar-refractivity contribution in [3.8, 4) is 0 Å². The fourth-order valence-corrected chi connectivity index (χ4v) is 3.89. The number of allylic oxidation sites excluding steroid dienone is 4.